The zero-order valence-electron chi connectivity index (χ0n) is 18.3. The van der Waals surface area contributed by atoms with Crippen LogP contribution >= 0.6 is 0 Å². The summed E-state index contributed by atoms with van der Waals surface area (Å²) < 4.78 is 10.9. The molecule has 0 aromatic heterocycles. The minimum absolute atomic E-state index is 0.0860. The maximum Gasteiger partial charge on any atom is 0.335 e. The monoisotopic (exact) mass is 439 g/mol. The molecule has 2 aromatic carbocycles. The third kappa shape index (κ3) is 5.13. The van der Waals surface area contributed by atoms with Gasteiger partial charge in [0.15, 0.2) is 11.5 Å². The number of amides is 1. The number of carbonyl (C=O) groups is 2. The number of nitrogens with zero attached hydrogens (tertiary/aromatic N) is 2. The van der Waals surface area contributed by atoms with Gasteiger partial charge in [0.05, 0.1) is 16.9 Å². The summed E-state index contributed by atoms with van der Waals surface area (Å²) >= 11 is 0. The zero-order valence-corrected chi connectivity index (χ0v) is 18.3. The van der Waals surface area contributed by atoms with Gasteiger partial charge in [-0.25, -0.2) is 4.79 Å². The minimum Gasteiger partial charge on any atom is -0.478 e. The lowest BCUT2D eigenvalue weighted by atomic mass is 10.1. The first-order valence-corrected chi connectivity index (χ1v) is 11.1. The summed E-state index contributed by atoms with van der Waals surface area (Å²) in [7, 11) is 0. The van der Waals surface area contributed by atoms with Crippen LogP contribution in [0.15, 0.2) is 36.4 Å². The molecule has 0 bridgehead atoms. The minimum atomic E-state index is -1.01. The number of fused-ring (bicyclic) bond motifs is 1. The number of ether oxygens (including phenoxy) is 2. The van der Waals surface area contributed by atoms with E-state index in [1.807, 2.05) is 19.1 Å². The van der Waals surface area contributed by atoms with Crippen LogP contribution in [0.3, 0.4) is 0 Å². The molecule has 0 atom stereocenters. The highest BCUT2D eigenvalue weighted by Crippen LogP contribution is 2.33. The van der Waals surface area contributed by atoms with E-state index in [1.165, 1.54) is 5.56 Å². The Kier molecular flexibility index (Phi) is 6.80. The second-order valence-electron chi connectivity index (χ2n) is 8.14. The van der Waals surface area contributed by atoms with Gasteiger partial charge in [-0.2, -0.15) is 0 Å². The molecular weight excluding hydrogens is 410 g/mol. The summed E-state index contributed by atoms with van der Waals surface area (Å²) in [5.41, 5.74) is 2.77. The van der Waals surface area contributed by atoms with Crippen LogP contribution < -0.4 is 19.7 Å². The summed E-state index contributed by atoms with van der Waals surface area (Å²) in [5, 5.41) is 12.3. The Morgan fingerprint density at radius 2 is 1.81 bits per heavy atom. The van der Waals surface area contributed by atoms with Gasteiger partial charge in [0.2, 0.25) is 12.7 Å². The molecule has 0 aliphatic carbocycles. The predicted octanol–water partition coefficient (Wildman–Crippen LogP) is 3.56. The van der Waals surface area contributed by atoms with Gasteiger partial charge in [0.1, 0.15) is 0 Å². The van der Waals surface area contributed by atoms with E-state index < -0.39 is 5.97 Å². The van der Waals surface area contributed by atoms with Crippen molar-refractivity contribution in [3.8, 4) is 11.5 Å². The van der Waals surface area contributed by atoms with Gasteiger partial charge in [0.25, 0.3) is 0 Å². The van der Waals surface area contributed by atoms with Crippen LogP contribution in [-0.4, -0.2) is 54.9 Å². The molecule has 32 heavy (non-hydrogen) atoms. The fraction of sp³-hybridized carbons (Fsp3) is 0.417. The third-order valence-corrected chi connectivity index (χ3v) is 5.83. The quantitative estimate of drug-likeness (QED) is 0.650. The molecule has 2 aromatic rings. The van der Waals surface area contributed by atoms with Crippen LogP contribution in [0.1, 0.15) is 42.1 Å². The Bertz CT molecular complexity index is 986. The number of hydrogen-bond donors (Lipinski definition) is 2. The molecular formula is C24H29N3O5. The van der Waals surface area contributed by atoms with Gasteiger partial charge in [0, 0.05) is 39.1 Å². The highest BCUT2D eigenvalue weighted by molar-refractivity contribution is 5.97. The van der Waals surface area contributed by atoms with Crippen molar-refractivity contribution in [3.05, 3.63) is 47.5 Å². The molecule has 1 fully saturated rings. The number of piperazine rings is 1. The number of carboxylic acid groups (broad SMARTS) is 1. The van der Waals surface area contributed by atoms with Gasteiger partial charge in [-0.15, -0.1) is 0 Å². The summed E-state index contributed by atoms with van der Waals surface area (Å²) in [6, 6.07) is 11.0. The lowest BCUT2D eigenvalue weighted by Crippen LogP contribution is -2.46. The molecule has 2 aliphatic heterocycles. The Labute approximate surface area is 187 Å². The van der Waals surface area contributed by atoms with Crippen molar-refractivity contribution in [2.75, 3.05) is 43.2 Å². The summed E-state index contributed by atoms with van der Waals surface area (Å²) in [6.45, 7) is 6.42. The largest absolute Gasteiger partial charge is 0.478 e. The Hall–Kier alpha value is -3.26. The SMILES string of the molecule is CCCCC(=O)Nc1cc(C(=O)O)ccc1N1CCN(Cc2ccc3c(c2)OCO3)CC1. The molecule has 8 heteroatoms. The van der Waals surface area contributed by atoms with Gasteiger partial charge >= 0.3 is 5.97 Å². The van der Waals surface area contributed by atoms with Crippen LogP contribution in [-0.2, 0) is 11.3 Å². The van der Waals surface area contributed by atoms with Gasteiger partial charge in [-0.1, -0.05) is 19.4 Å². The second-order valence-corrected chi connectivity index (χ2v) is 8.14. The van der Waals surface area contributed by atoms with Crippen LogP contribution in [0.4, 0.5) is 11.4 Å². The number of nitrogens with one attached hydrogen (secondary N) is 1. The number of anilines is 2. The number of carbonyl (C=O) groups excluding carboxylic acids is 1. The molecule has 0 spiro atoms. The van der Waals surface area contributed by atoms with Gasteiger partial charge in [-0.05, 0) is 42.3 Å². The third-order valence-electron chi connectivity index (χ3n) is 5.83. The van der Waals surface area contributed by atoms with Crippen molar-refractivity contribution in [2.24, 2.45) is 0 Å². The molecule has 2 aliphatic rings. The van der Waals surface area contributed by atoms with Crippen molar-refractivity contribution >= 4 is 23.3 Å². The van der Waals surface area contributed by atoms with Crippen LogP contribution in [0, 0.1) is 0 Å². The average molecular weight is 440 g/mol. The molecule has 170 valence electrons. The number of rotatable bonds is 8. The number of carboxylic acids is 1. The number of unbranched alkanes of at least 4 members (excludes halogenated alkanes) is 1. The van der Waals surface area contributed by atoms with Crippen molar-refractivity contribution < 1.29 is 24.2 Å². The molecule has 0 saturated carbocycles. The highest BCUT2D eigenvalue weighted by atomic mass is 16.7. The van der Waals surface area contributed by atoms with Crippen LogP contribution in [0.25, 0.3) is 0 Å². The number of benzene rings is 2. The smallest absolute Gasteiger partial charge is 0.335 e. The molecule has 8 nitrogen and oxygen atoms in total. The van der Waals surface area contributed by atoms with E-state index in [0.29, 0.717) is 12.1 Å². The molecule has 0 radical (unpaired) electrons. The summed E-state index contributed by atoms with van der Waals surface area (Å²) in [6.07, 6.45) is 2.16. The zero-order chi connectivity index (χ0) is 22.5. The van der Waals surface area contributed by atoms with Crippen molar-refractivity contribution in [1.82, 2.24) is 4.90 Å². The van der Waals surface area contributed by atoms with E-state index in [4.69, 9.17) is 9.47 Å². The second kappa shape index (κ2) is 9.91. The van der Waals surface area contributed by atoms with Crippen molar-refractivity contribution in [1.29, 1.82) is 0 Å². The topological polar surface area (TPSA) is 91.3 Å². The van der Waals surface area contributed by atoms with Gasteiger partial charge in [-0.3, -0.25) is 9.69 Å². The van der Waals surface area contributed by atoms with E-state index >= 15 is 0 Å². The number of aromatic carboxylic acids is 1. The molecule has 1 amide bonds. The molecule has 2 N–H and O–H groups in total. The van der Waals surface area contributed by atoms with Gasteiger partial charge < -0.3 is 24.8 Å². The maximum atomic E-state index is 12.3. The maximum absolute atomic E-state index is 12.3. The van der Waals surface area contributed by atoms with Crippen molar-refractivity contribution in [3.63, 3.8) is 0 Å². The predicted molar refractivity (Wildman–Crippen MR) is 122 cm³/mol. The molecule has 0 unspecified atom stereocenters. The Balaban J connectivity index is 1.41. The highest BCUT2D eigenvalue weighted by Gasteiger charge is 2.22. The summed E-state index contributed by atoms with van der Waals surface area (Å²) in [5.74, 6) is 0.492. The number of hydrogen-bond acceptors (Lipinski definition) is 6. The van der Waals surface area contributed by atoms with Crippen LogP contribution in [0.5, 0.6) is 11.5 Å². The first-order chi connectivity index (χ1) is 15.5. The summed E-state index contributed by atoms with van der Waals surface area (Å²) in [4.78, 5) is 28.3. The first-order valence-electron chi connectivity index (χ1n) is 11.1. The molecule has 2 heterocycles. The lowest BCUT2D eigenvalue weighted by molar-refractivity contribution is -0.116. The first kappa shape index (κ1) is 22.0. The Morgan fingerprint density at radius 1 is 1.03 bits per heavy atom. The van der Waals surface area contributed by atoms with E-state index in [1.54, 1.807) is 18.2 Å². The fourth-order valence-electron chi connectivity index (χ4n) is 4.04. The van der Waals surface area contributed by atoms with Crippen LogP contribution in [0.2, 0.25) is 0 Å². The van der Waals surface area contributed by atoms with Crippen molar-refractivity contribution in [2.45, 2.75) is 32.7 Å². The molecule has 1 saturated heterocycles. The average Bonchev–Trinajstić information content (AvgIpc) is 3.26. The fourth-order valence-corrected chi connectivity index (χ4v) is 4.04. The van der Waals surface area contributed by atoms with E-state index in [0.717, 1.165) is 62.8 Å². The van der Waals surface area contributed by atoms with E-state index in [9.17, 15) is 14.7 Å². The van der Waals surface area contributed by atoms with E-state index in [-0.39, 0.29) is 18.3 Å². The Morgan fingerprint density at radius 3 is 2.56 bits per heavy atom. The lowest BCUT2D eigenvalue weighted by Gasteiger charge is -2.37. The van der Waals surface area contributed by atoms with E-state index in [2.05, 4.69) is 21.2 Å². The standard InChI is InChI=1S/C24H29N3O5/c1-2-3-4-23(28)25-19-14-18(24(29)30)6-7-20(19)27-11-9-26(10-12-27)15-17-5-8-21-22(13-17)32-16-31-21/h5-8,13-14H,2-4,9-12,15-16H2,1H3,(H,25,28)(H,29,30). The molecule has 4 rings (SSSR count). The normalized spacial score (nSPS) is 15.6.